The van der Waals surface area contributed by atoms with Gasteiger partial charge in [0, 0.05) is 19.9 Å². The quantitative estimate of drug-likeness (QED) is 0.0408. The van der Waals surface area contributed by atoms with Crippen LogP contribution >= 0.6 is 7.82 Å². The van der Waals surface area contributed by atoms with Crippen molar-refractivity contribution in [1.82, 2.24) is 5.32 Å². The van der Waals surface area contributed by atoms with Crippen LogP contribution < -0.4 is 5.32 Å². The molecule has 0 aromatic rings. The Kier molecular flexibility index (Phi) is 27.4. The topological polar surface area (TPSA) is 131 Å². The molecule has 0 spiro atoms. The Morgan fingerprint density at radius 1 is 0.744 bits per heavy atom. The van der Waals surface area contributed by atoms with Gasteiger partial charge in [0.2, 0.25) is 5.91 Å². The zero-order chi connectivity index (χ0) is 31.9. The number of aliphatic hydroxyl groups is 1. The molecule has 0 aromatic carbocycles. The van der Waals surface area contributed by atoms with Crippen LogP contribution in [0.4, 0.5) is 0 Å². The van der Waals surface area contributed by atoms with Crippen molar-refractivity contribution in [1.29, 1.82) is 0 Å². The lowest BCUT2D eigenvalue weighted by Gasteiger charge is -2.15. The Balaban J connectivity index is 3.71. The van der Waals surface area contributed by atoms with Gasteiger partial charge in [-0.2, -0.15) is 0 Å². The van der Waals surface area contributed by atoms with Gasteiger partial charge in [-0.3, -0.25) is 18.6 Å². The lowest BCUT2D eigenvalue weighted by molar-refractivity contribution is -0.144. The first kappa shape index (κ1) is 40.2. The number of allylic oxidation sites excluding steroid dienone is 14. The fourth-order valence-corrected chi connectivity index (χ4v) is 3.97. The number of esters is 1. The second-order valence-corrected chi connectivity index (χ2v) is 10.9. The highest BCUT2D eigenvalue weighted by Crippen LogP contribution is 2.42. The van der Waals surface area contributed by atoms with E-state index in [1.165, 1.54) is 6.92 Å². The molecule has 242 valence electrons. The van der Waals surface area contributed by atoms with Crippen molar-refractivity contribution < 1.29 is 37.9 Å². The predicted octanol–water partition coefficient (Wildman–Crippen LogP) is 6.97. The fraction of sp³-hybridized carbons (Fsp3) is 0.515. The molecule has 2 unspecified atom stereocenters. The van der Waals surface area contributed by atoms with E-state index in [0.717, 1.165) is 51.4 Å². The van der Waals surface area contributed by atoms with Crippen LogP contribution in [0.3, 0.4) is 0 Å². The summed E-state index contributed by atoms with van der Waals surface area (Å²) in [6.45, 7) is 2.23. The highest BCUT2D eigenvalue weighted by Gasteiger charge is 2.23. The number of carbonyl (C=O) groups is 2. The van der Waals surface area contributed by atoms with Crippen molar-refractivity contribution in [2.24, 2.45) is 0 Å². The molecular formula is C33H52NO8P. The molecule has 0 aliphatic carbocycles. The van der Waals surface area contributed by atoms with Crippen LogP contribution in [0.2, 0.25) is 0 Å². The molecule has 9 nitrogen and oxygen atoms in total. The normalized spacial score (nSPS) is 14.8. The smallest absolute Gasteiger partial charge is 0.463 e. The Morgan fingerprint density at radius 3 is 1.67 bits per heavy atom. The number of unbranched alkanes of at least 4 members (excludes halogenated alkanes) is 1. The number of rotatable bonds is 26. The minimum Gasteiger partial charge on any atom is -0.463 e. The number of carbonyl (C=O) groups excluding carboxylic acids is 2. The van der Waals surface area contributed by atoms with Crippen LogP contribution in [-0.2, 0) is 27.9 Å². The molecule has 43 heavy (non-hydrogen) atoms. The SMILES string of the molecule is CC/C=C\C/C=C\C/C=C\C/C=C\C/C=C\C/C=C\C/C=C\CCCC(=O)NCCOP(=O)(O)OCC(O)COC(C)=O. The maximum absolute atomic E-state index is 11.9. The first-order valence-corrected chi connectivity index (χ1v) is 16.5. The van der Waals surface area contributed by atoms with Gasteiger partial charge in [0.1, 0.15) is 12.7 Å². The molecular weight excluding hydrogens is 569 g/mol. The lowest BCUT2D eigenvalue weighted by Crippen LogP contribution is -2.27. The molecule has 0 aliphatic heterocycles. The molecule has 0 aromatic heterocycles. The average molecular weight is 622 g/mol. The largest absolute Gasteiger partial charge is 0.472 e. The number of phosphoric ester groups is 1. The molecule has 0 bridgehead atoms. The number of hydrogen-bond donors (Lipinski definition) is 3. The summed E-state index contributed by atoms with van der Waals surface area (Å²) in [5, 5.41) is 12.1. The maximum atomic E-state index is 11.9. The van der Waals surface area contributed by atoms with Crippen molar-refractivity contribution >= 4 is 19.7 Å². The van der Waals surface area contributed by atoms with Crippen LogP contribution in [0, 0.1) is 0 Å². The van der Waals surface area contributed by atoms with Crippen LogP contribution in [0.5, 0.6) is 0 Å². The van der Waals surface area contributed by atoms with E-state index < -0.39 is 26.5 Å². The predicted molar refractivity (Wildman–Crippen MR) is 173 cm³/mol. The molecule has 0 fully saturated rings. The number of aliphatic hydroxyl groups excluding tert-OH is 1. The Bertz CT molecular complexity index is 981. The Hall–Kier alpha value is -2.81. The van der Waals surface area contributed by atoms with E-state index in [9.17, 15) is 24.2 Å². The molecule has 1 amide bonds. The third kappa shape index (κ3) is 31.9. The molecule has 0 radical (unpaired) electrons. The molecule has 3 N–H and O–H groups in total. The summed E-state index contributed by atoms with van der Waals surface area (Å²) in [5.41, 5.74) is 0. The summed E-state index contributed by atoms with van der Waals surface area (Å²) in [4.78, 5) is 32.1. The summed E-state index contributed by atoms with van der Waals surface area (Å²) in [5.74, 6) is -0.769. The fourth-order valence-electron chi connectivity index (χ4n) is 3.21. The molecule has 0 saturated carbocycles. The van der Waals surface area contributed by atoms with E-state index in [1.807, 2.05) is 6.08 Å². The highest BCUT2D eigenvalue weighted by molar-refractivity contribution is 7.47. The van der Waals surface area contributed by atoms with Gasteiger partial charge in [0.15, 0.2) is 0 Å². The van der Waals surface area contributed by atoms with E-state index in [4.69, 9.17) is 4.52 Å². The second-order valence-electron chi connectivity index (χ2n) is 9.42. The first-order chi connectivity index (χ1) is 20.8. The number of hydrogen-bond acceptors (Lipinski definition) is 7. The number of nitrogens with one attached hydrogen (secondary N) is 1. The van der Waals surface area contributed by atoms with E-state index >= 15 is 0 Å². The molecule has 0 aliphatic rings. The minimum absolute atomic E-state index is 0.0429. The molecule has 2 atom stereocenters. The van der Waals surface area contributed by atoms with Gasteiger partial charge in [-0.15, -0.1) is 0 Å². The van der Waals surface area contributed by atoms with Crippen molar-refractivity contribution in [2.75, 3.05) is 26.4 Å². The van der Waals surface area contributed by atoms with Gasteiger partial charge >= 0.3 is 13.8 Å². The van der Waals surface area contributed by atoms with Crippen molar-refractivity contribution in [3.8, 4) is 0 Å². The summed E-state index contributed by atoms with van der Waals surface area (Å²) in [7, 11) is -4.39. The van der Waals surface area contributed by atoms with E-state index in [1.54, 1.807) is 0 Å². The summed E-state index contributed by atoms with van der Waals surface area (Å²) >= 11 is 0. The van der Waals surface area contributed by atoms with Crippen LogP contribution in [-0.4, -0.2) is 54.3 Å². The molecule has 0 rings (SSSR count). The van der Waals surface area contributed by atoms with Crippen molar-refractivity contribution in [3.63, 3.8) is 0 Å². The van der Waals surface area contributed by atoms with Crippen molar-refractivity contribution in [3.05, 3.63) is 85.1 Å². The third-order valence-corrected chi connectivity index (χ3v) is 6.38. The van der Waals surface area contributed by atoms with Crippen molar-refractivity contribution in [2.45, 2.75) is 84.2 Å². The second kappa shape index (κ2) is 29.3. The van der Waals surface area contributed by atoms with Gasteiger partial charge in [-0.1, -0.05) is 92.0 Å². The minimum atomic E-state index is -4.39. The van der Waals surface area contributed by atoms with Gasteiger partial charge < -0.3 is 20.1 Å². The Morgan fingerprint density at radius 2 is 1.21 bits per heavy atom. The average Bonchev–Trinajstić information content (AvgIpc) is 2.97. The van der Waals surface area contributed by atoms with Crippen LogP contribution in [0.25, 0.3) is 0 Å². The summed E-state index contributed by atoms with van der Waals surface area (Å²) in [6, 6.07) is 0. The van der Waals surface area contributed by atoms with E-state index in [2.05, 4.69) is 100 Å². The monoisotopic (exact) mass is 621 g/mol. The van der Waals surface area contributed by atoms with Gasteiger partial charge in [0.05, 0.1) is 13.2 Å². The molecule has 0 heterocycles. The summed E-state index contributed by atoms with van der Waals surface area (Å²) in [6.07, 6.45) is 37.5. The van der Waals surface area contributed by atoms with Crippen LogP contribution in [0.1, 0.15) is 78.1 Å². The first-order valence-electron chi connectivity index (χ1n) is 15.0. The molecule has 0 saturated heterocycles. The highest BCUT2D eigenvalue weighted by atomic mass is 31.2. The number of phosphoric acid groups is 1. The lowest BCUT2D eigenvalue weighted by atomic mass is 10.2. The van der Waals surface area contributed by atoms with Gasteiger partial charge in [0.25, 0.3) is 0 Å². The number of ether oxygens (including phenoxy) is 1. The van der Waals surface area contributed by atoms with Crippen LogP contribution in [0.15, 0.2) is 85.1 Å². The maximum Gasteiger partial charge on any atom is 0.472 e. The third-order valence-electron chi connectivity index (χ3n) is 5.40. The zero-order valence-corrected chi connectivity index (χ0v) is 26.7. The van der Waals surface area contributed by atoms with Gasteiger partial charge in [-0.25, -0.2) is 4.57 Å². The van der Waals surface area contributed by atoms with E-state index in [0.29, 0.717) is 12.8 Å². The number of amides is 1. The zero-order valence-electron chi connectivity index (χ0n) is 25.9. The standard InChI is InChI=1S/C33H52NO8P/c1-3-4-5-6-7-8-9-10-11-12-13-14-15-16-17-18-19-20-21-22-23-24-25-26-33(37)34-27-28-41-43(38,39)42-30-32(36)29-40-31(2)35/h4-5,7-8,10-11,13-14,16-17,19-20,22-23,32,36H,3,6,9,12,15,18,21,24-30H2,1-2H3,(H,34,37)(H,38,39)/b5-4-,8-7-,11-10-,14-13-,17-16-,20-19-,23-22-. The summed E-state index contributed by atoms with van der Waals surface area (Å²) < 4.78 is 25.7. The molecule has 10 heteroatoms. The van der Waals surface area contributed by atoms with Gasteiger partial charge in [-0.05, 0) is 57.8 Å². The van der Waals surface area contributed by atoms with E-state index in [-0.39, 0.29) is 25.7 Å². The Labute approximate surface area is 258 Å².